The first-order valence-electron chi connectivity index (χ1n) is 12.0. The van der Waals surface area contributed by atoms with Gasteiger partial charge in [-0.2, -0.15) is 4.39 Å². The molecule has 0 N–H and O–H groups in total. The maximum atomic E-state index is 15.0. The SMILES string of the molecule is CCCCCC1CCC(C2=CCc3cc(-c4ccc(OC)c(F)c4F)c(F)cc3C2)CC1. The average Bonchev–Trinajstić information content (AvgIpc) is 2.81. The van der Waals surface area contributed by atoms with Crippen LogP contribution in [0.15, 0.2) is 35.9 Å². The molecule has 0 aliphatic heterocycles. The van der Waals surface area contributed by atoms with Gasteiger partial charge in [0, 0.05) is 11.1 Å². The van der Waals surface area contributed by atoms with Crippen molar-refractivity contribution in [2.24, 2.45) is 11.8 Å². The Bertz CT molecular complexity index is 987. The van der Waals surface area contributed by atoms with E-state index in [0.29, 0.717) is 12.3 Å². The van der Waals surface area contributed by atoms with Crippen molar-refractivity contribution in [3.8, 4) is 16.9 Å². The number of hydrogen-bond acceptors (Lipinski definition) is 1. The average molecular weight is 443 g/mol. The molecule has 0 aromatic heterocycles. The summed E-state index contributed by atoms with van der Waals surface area (Å²) in [6, 6.07) is 5.93. The Kier molecular flexibility index (Phi) is 7.27. The fraction of sp³-hybridized carbons (Fsp3) is 0.500. The van der Waals surface area contributed by atoms with Gasteiger partial charge in [0.2, 0.25) is 5.82 Å². The van der Waals surface area contributed by atoms with E-state index in [2.05, 4.69) is 13.0 Å². The van der Waals surface area contributed by atoms with Crippen LogP contribution in [0.1, 0.15) is 69.4 Å². The summed E-state index contributed by atoms with van der Waals surface area (Å²) in [5.41, 5.74) is 3.43. The Morgan fingerprint density at radius 3 is 2.41 bits per heavy atom. The second-order valence-corrected chi connectivity index (χ2v) is 9.42. The van der Waals surface area contributed by atoms with Crippen LogP contribution in [0.5, 0.6) is 5.75 Å². The zero-order chi connectivity index (χ0) is 22.7. The Morgan fingerprint density at radius 2 is 1.69 bits per heavy atom. The minimum Gasteiger partial charge on any atom is -0.494 e. The first-order chi connectivity index (χ1) is 15.5. The smallest absolute Gasteiger partial charge is 0.201 e. The van der Waals surface area contributed by atoms with Crippen molar-refractivity contribution in [3.05, 3.63) is 64.5 Å². The predicted octanol–water partition coefficient (Wildman–Crippen LogP) is 8.19. The molecule has 0 bridgehead atoms. The third kappa shape index (κ3) is 4.74. The molecule has 1 fully saturated rings. The number of allylic oxidation sites excluding steroid dienone is 2. The highest BCUT2D eigenvalue weighted by molar-refractivity contribution is 5.68. The summed E-state index contributed by atoms with van der Waals surface area (Å²) >= 11 is 0. The number of methoxy groups -OCH3 is 1. The lowest BCUT2D eigenvalue weighted by molar-refractivity contribution is 0.279. The highest BCUT2D eigenvalue weighted by Gasteiger charge is 2.26. The Balaban J connectivity index is 1.47. The zero-order valence-electron chi connectivity index (χ0n) is 19.2. The molecule has 2 aromatic carbocycles. The van der Waals surface area contributed by atoms with Crippen LogP contribution >= 0.6 is 0 Å². The van der Waals surface area contributed by atoms with Crippen molar-refractivity contribution in [1.82, 2.24) is 0 Å². The maximum absolute atomic E-state index is 15.0. The molecule has 2 aromatic rings. The van der Waals surface area contributed by atoms with E-state index in [1.807, 2.05) is 0 Å². The van der Waals surface area contributed by atoms with Gasteiger partial charge >= 0.3 is 0 Å². The van der Waals surface area contributed by atoms with Crippen molar-refractivity contribution in [1.29, 1.82) is 0 Å². The molecule has 1 saturated carbocycles. The van der Waals surface area contributed by atoms with E-state index >= 15 is 0 Å². The maximum Gasteiger partial charge on any atom is 0.201 e. The fourth-order valence-electron chi connectivity index (χ4n) is 5.47. The van der Waals surface area contributed by atoms with Crippen LogP contribution in [0.2, 0.25) is 0 Å². The molecule has 4 rings (SSSR count). The van der Waals surface area contributed by atoms with Crippen LogP contribution in [0.3, 0.4) is 0 Å². The van der Waals surface area contributed by atoms with Crippen molar-refractivity contribution >= 4 is 0 Å². The summed E-state index contributed by atoms with van der Waals surface area (Å²) in [5, 5.41) is 0. The number of hydrogen-bond donors (Lipinski definition) is 0. The lowest BCUT2D eigenvalue weighted by Crippen LogP contribution is -2.19. The van der Waals surface area contributed by atoms with Crippen molar-refractivity contribution in [3.63, 3.8) is 0 Å². The Morgan fingerprint density at radius 1 is 0.906 bits per heavy atom. The molecular formula is C28H33F3O. The Labute approximate surface area is 189 Å². The van der Waals surface area contributed by atoms with Crippen LogP contribution in [0.25, 0.3) is 11.1 Å². The minimum absolute atomic E-state index is 0.0697. The number of unbranched alkanes of at least 4 members (excludes halogenated alkanes) is 2. The highest BCUT2D eigenvalue weighted by atomic mass is 19.2. The van der Waals surface area contributed by atoms with Gasteiger partial charge in [0.1, 0.15) is 5.82 Å². The van der Waals surface area contributed by atoms with Crippen molar-refractivity contribution < 1.29 is 17.9 Å². The molecule has 32 heavy (non-hydrogen) atoms. The van der Waals surface area contributed by atoms with Crippen molar-refractivity contribution in [2.75, 3.05) is 7.11 Å². The summed E-state index contributed by atoms with van der Waals surface area (Å²) in [7, 11) is 1.28. The molecule has 0 spiro atoms. The monoisotopic (exact) mass is 442 g/mol. The van der Waals surface area contributed by atoms with Crippen LogP contribution in [-0.4, -0.2) is 7.11 Å². The van der Waals surface area contributed by atoms with Gasteiger partial charge in [-0.05, 0) is 85.8 Å². The second kappa shape index (κ2) is 10.1. The van der Waals surface area contributed by atoms with Gasteiger partial charge < -0.3 is 4.74 Å². The molecule has 4 heteroatoms. The second-order valence-electron chi connectivity index (χ2n) is 9.42. The number of halogens is 3. The van der Waals surface area contributed by atoms with Crippen molar-refractivity contribution in [2.45, 2.75) is 71.1 Å². The van der Waals surface area contributed by atoms with Gasteiger partial charge in [-0.3, -0.25) is 0 Å². The highest BCUT2D eigenvalue weighted by Crippen LogP contribution is 2.40. The van der Waals surface area contributed by atoms with E-state index in [4.69, 9.17) is 4.74 Å². The molecule has 0 radical (unpaired) electrons. The standard InChI is InChI=1S/C28H33F3O/c1-3-4-5-6-18-7-9-19(10-8-18)20-11-12-21-16-24(25(29)17-22(21)15-20)23-13-14-26(32-2)28(31)27(23)30/h11,13-14,16-19H,3-10,12,15H2,1-2H3. The van der Waals surface area contributed by atoms with Crippen LogP contribution in [-0.2, 0) is 12.8 Å². The van der Waals surface area contributed by atoms with Crippen LogP contribution in [0.4, 0.5) is 13.2 Å². The predicted molar refractivity (Wildman–Crippen MR) is 123 cm³/mol. The van der Waals surface area contributed by atoms with E-state index in [1.54, 1.807) is 6.07 Å². The molecule has 1 nitrogen and oxygen atoms in total. The third-order valence-corrected chi connectivity index (χ3v) is 7.41. The van der Waals surface area contributed by atoms with Gasteiger partial charge in [-0.25, -0.2) is 8.78 Å². The normalized spacial score (nSPS) is 20.6. The van der Waals surface area contributed by atoms with Gasteiger partial charge in [-0.15, -0.1) is 0 Å². The molecule has 172 valence electrons. The van der Waals surface area contributed by atoms with Gasteiger partial charge in [0.15, 0.2) is 11.6 Å². The molecule has 0 saturated heterocycles. The first-order valence-corrected chi connectivity index (χ1v) is 12.0. The Hall–Kier alpha value is -2.23. The van der Waals surface area contributed by atoms with E-state index in [0.717, 1.165) is 23.5 Å². The summed E-state index contributed by atoms with van der Waals surface area (Å²) in [6.07, 6.45) is 14.2. The number of rotatable bonds is 7. The van der Waals surface area contributed by atoms with E-state index in [-0.39, 0.29) is 16.9 Å². The lowest BCUT2D eigenvalue weighted by Gasteiger charge is -2.32. The summed E-state index contributed by atoms with van der Waals surface area (Å²) in [4.78, 5) is 0. The van der Waals surface area contributed by atoms with Crippen LogP contribution < -0.4 is 4.74 Å². The lowest BCUT2D eigenvalue weighted by atomic mass is 9.73. The summed E-state index contributed by atoms with van der Waals surface area (Å²) in [6.45, 7) is 2.25. The minimum atomic E-state index is -1.09. The molecule has 0 amide bonds. The first kappa shape index (κ1) is 22.9. The third-order valence-electron chi connectivity index (χ3n) is 7.41. The molecule has 0 atom stereocenters. The molecule has 0 heterocycles. The fourth-order valence-corrected chi connectivity index (χ4v) is 5.47. The number of ether oxygens (including phenoxy) is 1. The topological polar surface area (TPSA) is 9.23 Å². The van der Waals surface area contributed by atoms with E-state index in [9.17, 15) is 13.2 Å². The zero-order valence-corrected chi connectivity index (χ0v) is 19.2. The molecule has 2 aliphatic carbocycles. The van der Waals surface area contributed by atoms with E-state index in [1.165, 1.54) is 82.2 Å². The van der Waals surface area contributed by atoms with Gasteiger partial charge in [0.25, 0.3) is 0 Å². The summed E-state index contributed by atoms with van der Waals surface area (Å²) in [5.74, 6) is -1.39. The quantitative estimate of drug-likeness (QED) is 0.310. The van der Waals surface area contributed by atoms with E-state index < -0.39 is 17.5 Å². The number of fused-ring (bicyclic) bond motifs is 1. The van der Waals surface area contributed by atoms with Crippen LogP contribution in [0, 0.1) is 29.3 Å². The van der Waals surface area contributed by atoms with Gasteiger partial charge in [0.05, 0.1) is 7.11 Å². The molecule has 0 unspecified atom stereocenters. The number of benzene rings is 2. The molecule has 2 aliphatic rings. The van der Waals surface area contributed by atoms with Gasteiger partial charge in [-0.1, -0.05) is 44.3 Å². The summed E-state index contributed by atoms with van der Waals surface area (Å²) < 4.78 is 48.5. The largest absolute Gasteiger partial charge is 0.494 e. The molecular weight excluding hydrogens is 409 g/mol.